The van der Waals surface area contributed by atoms with Gasteiger partial charge >= 0.3 is 0 Å². The Kier molecular flexibility index (Phi) is 4.03. The van der Waals surface area contributed by atoms with Crippen LogP contribution in [0.4, 0.5) is 0 Å². The second-order valence-corrected chi connectivity index (χ2v) is 9.81. The fourth-order valence-electron chi connectivity index (χ4n) is 7.03. The van der Waals surface area contributed by atoms with E-state index in [1.54, 1.807) is 0 Å². The minimum Gasteiger partial charge on any atom is -0.341 e. The van der Waals surface area contributed by atoms with Crippen molar-refractivity contribution < 1.29 is 4.79 Å². The van der Waals surface area contributed by atoms with E-state index in [0.29, 0.717) is 16.6 Å². The second-order valence-electron chi connectivity index (χ2n) is 9.42. The molecule has 6 heteroatoms. The number of H-pyrrole nitrogens is 1. The molecule has 1 aromatic heterocycles. The summed E-state index contributed by atoms with van der Waals surface area (Å²) in [4.78, 5) is 15.9. The smallest absolute Gasteiger partial charge is 0.228 e. The summed E-state index contributed by atoms with van der Waals surface area (Å²) in [7, 11) is 0. The average molecular weight is 375 g/mol. The van der Waals surface area contributed by atoms with Gasteiger partial charge in [-0.15, -0.1) is 0 Å². The number of aromatic amines is 1. The van der Waals surface area contributed by atoms with E-state index in [9.17, 15) is 4.79 Å². The Hall–Kier alpha value is -1.17. The number of amides is 1. The molecular weight excluding hydrogens is 344 g/mol. The van der Waals surface area contributed by atoms with E-state index in [-0.39, 0.29) is 5.41 Å². The molecule has 2 heterocycles. The Bertz CT molecular complexity index is 731. The first-order chi connectivity index (χ1) is 12.6. The fraction of sp³-hybridized carbons (Fsp3) is 0.850. The van der Waals surface area contributed by atoms with Crippen LogP contribution in [0.15, 0.2) is 0 Å². The maximum atomic E-state index is 13.7. The van der Waals surface area contributed by atoms with Gasteiger partial charge < -0.3 is 9.47 Å². The second kappa shape index (κ2) is 6.18. The van der Waals surface area contributed by atoms with Crippen molar-refractivity contribution in [2.45, 2.75) is 70.8 Å². The molecule has 4 bridgehead atoms. The zero-order valence-electron chi connectivity index (χ0n) is 15.7. The van der Waals surface area contributed by atoms with Gasteiger partial charge in [0.05, 0.1) is 5.41 Å². The van der Waals surface area contributed by atoms with Crippen LogP contribution in [0.3, 0.4) is 0 Å². The largest absolute Gasteiger partial charge is 0.341 e. The van der Waals surface area contributed by atoms with Crippen LogP contribution in [-0.4, -0.2) is 38.7 Å². The Balaban J connectivity index is 1.37. The molecule has 1 amide bonds. The number of carbonyl (C=O) groups excluding carboxylic acids is 1. The Morgan fingerprint density at radius 1 is 1.23 bits per heavy atom. The summed E-state index contributed by atoms with van der Waals surface area (Å²) in [6.45, 7) is 4.69. The summed E-state index contributed by atoms with van der Waals surface area (Å²) in [6.07, 6.45) is 9.82. The molecule has 0 aromatic carbocycles. The van der Waals surface area contributed by atoms with E-state index in [4.69, 9.17) is 12.2 Å². The van der Waals surface area contributed by atoms with Crippen molar-refractivity contribution in [2.24, 2.45) is 23.2 Å². The maximum absolute atomic E-state index is 13.7. The van der Waals surface area contributed by atoms with Gasteiger partial charge in [0.15, 0.2) is 4.77 Å². The predicted molar refractivity (Wildman–Crippen MR) is 102 cm³/mol. The molecule has 142 valence electrons. The van der Waals surface area contributed by atoms with Gasteiger partial charge in [-0.1, -0.05) is 0 Å². The van der Waals surface area contributed by atoms with E-state index >= 15 is 0 Å². The van der Waals surface area contributed by atoms with Gasteiger partial charge in [-0.25, -0.2) is 0 Å². The molecule has 1 saturated heterocycles. The van der Waals surface area contributed by atoms with E-state index < -0.39 is 0 Å². The summed E-state index contributed by atoms with van der Waals surface area (Å²) < 4.78 is 2.80. The van der Waals surface area contributed by atoms with E-state index in [1.807, 2.05) is 0 Å². The van der Waals surface area contributed by atoms with Gasteiger partial charge in [0.1, 0.15) is 5.82 Å². The molecule has 5 fully saturated rings. The normalized spacial score (nSPS) is 38.7. The number of nitrogens with zero attached hydrogens (tertiary/aromatic N) is 3. The van der Waals surface area contributed by atoms with Crippen LogP contribution in [0, 0.1) is 27.9 Å². The van der Waals surface area contributed by atoms with Crippen molar-refractivity contribution in [3.8, 4) is 0 Å². The van der Waals surface area contributed by atoms with E-state index in [1.165, 1.54) is 19.3 Å². The van der Waals surface area contributed by atoms with Gasteiger partial charge in [0.2, 0.25) is 5.91 Å². The van der Waals surface area contributed by atoms with Crippen LogP contribution >= 0.6 is 12.2 Å². The Morgan fingerprint density at radius 3 is 2.50 bits per heavy atom. The first kappa shape index (κ1) is 17.0. The molecule has 4 saturated carbocycles. The van der Waals surface area contributed by atoms with Crippen LogP contribution in [0.2, 0.25) is 0 Å². The number of likely N-dealkylation sites (tertiary alicyclic amines) is 1. The number of hydrogen-bond acceptors (Lipinski definition) is 3. The van der Waals surface area contributed by atoms with Crippen LogP contribution in [-0.2, 0) is 11.3 Å². The SMILES string of the molecule is CCn1c([C@@H]2CCCN(C(=O)C34CC5CC(CC(C5)C3)C4)C2)n[nH]c1=S. The third kappa shape index (κ3) is 2.59. The molecule has 1 aliphatic heterocycles. The molecule has 1 aromatic rings. The third-order valence-corrected chi connectivity index (χ3v) is 7.98. The van der Waals surface area contributed by atoms with Crippen molar-refractivity contribution >= 4 is 18.1 Å². The highest BCUT2D eigenvalue weighted by Gasteiger charge is 2.55. The lowest BCUT2D eigenvalue weighted by Crippen LogP contribution is -2.56. The van der Waals surface area contributed by atoms with Crippen LogP contribution < -0.4 is 0 Å². The topological polar surface area (TPSA) is 53.9 Å². The molecule has 0 unspecified atom stereocenters. The molecule has 4 aliphatic carbocycles. The Labute approximate surface area is 160 Å². The van der Waals surface area contributed by atoms with Crippen molar-refractivity contribution in [3.63, 3.8) is 0 Å². The van der Waals surface area contributed by atoms with Crippen molar-refractivity contribution in [1.82, 2.24) is 19.7 Å². The van der Waals surface area contributed by atoms with Gasteiger partial charge in [-0.05, 0) is 88.3 Å². The van der Waals surface area contributed by atoms with Crippen LogP contribution in [0.5, 0.6) is 0 Å². The first-order valence-corrected chi connectivity index (χ1v) is 10.9. The van der Waals surface area contributed by atoms with Crippen molar-refractivity contribution in [1.29, 1.82) is 0 Å². The minimum absolute atomic E-state index is 0.0217. The molecule has 26 heavy (non-hydrogen) atoms. The lowest BCUT2D eigenvalue weighted by atomic mass is 9.49. The fourth-order valence-corrected chi connectivity index (χ4v) is 7.30. The lowest BCUT2D eigenvalue weighted by molar-refractivity contribution is -0.159. The summed E-state index contributed by atoms with van der Waals surface area (Å²) in [5, 5.41) is 7.45. The molecule has 1 N–H and O–H groups in total. The van der Waals surface area contributed by atoms with E-state index in [0.717, 1.165) is 75.3 Å². The van der Waals surface area contributed by atoms with E-state index in [2.05, 4.69) is 26.6 Å². The highest BCUT2D eigenvalue weighted by molar-refractivity contribution is 7.71. The monoisotopic (exact) mass is 374 g/mol. The van der Waals surface area contributed by atoms with Crippen molar-refractivity contribution in [3.05, 3.63) is 10.6 Å². The zero-order valence-corrected chi connectivity index (χ0v) is 16.6. The molecular formula is C20H30N4OS. The quantitative estimate of drug-likeness (QED) is 0.817. The highest BCUT2D eigenvalue weighted by atomic mass is 32.1. The molecule has 6 rings (SSSR count). The van der Waals surface area contributed by atoms with Crippen LogP contribution in [0.1, 0.15) is 70.0 Å². The maximum Gasteiger partial charge on any atom is 0.228 e. The number of aromatic nitrogens is 3. The van der Waals surface area contributed by atoms with Gasteiger partial charge in [-0.2, -0.15) is 5.10 Å². The van der Waals surface area contributed by atoms with Gasteiger partial charge in [0, 0.05) is 25.6 Å². The summed E-state index contributed by atoms with van der Waals surface area (Å²) in [6, 6.07) is 0. The number of rotatable bonds is 3. The van der Waals surface area contributed by atoms with Crippen molar-refractivity contribution in [2.75, 3.05) is 13.1 Å². The summed E-state index contributed by atoms with van der Waals surface area (Å²) in [5.41, 5.74) is -0.0217. The minimum atomic E-state index is -0.0217. The number of hydrogen-bond donors (Lipinski definition) is 1. The number of nitrogens with one attached hydrogen (secondary N) is 1. The summed E-state index contributed by atoms with van der Waals surface area (Å²) in [5.74, 6) is 4.29. The van der Waals surface area contributed by atoms with Gasteiger partial charge in [0.25, 0.3) is 0 Å². The molecule has 5 aliphatic rings. The Morgan fingerprint density at radius 2 is 1.88 bits per heavy atom. The van der Waals surface area contributed by atoms with Gasteiger partial charge in [-0.3, -0.25) is 9.89 Å². The number of piperidine rings is 1. The highest BCUT2D eigenvalue weighted by Crippen LogP contribution is 2.60. The standard InChI is InChI=1S/C20H30N4OS/c1-2-24-17(21-22-19(24)26)16-4-3-5-23(12-16)18(25)20-9-13-6-14(10-20)8-15(7-13)11-20/h13-16H,2-12H2,1H3,(H,22,26)/t13?,14?,15?,16-,20?/m1/s1. The molecule has 1 atom stereocenters. The molecule has 5 nitrogen and oxygen atoms in total. The zero-order chi connectivity index (χ0) is 17.9. The average Bonchev–Trinajstić information content (AvgIpc) is 3.00. The molecule has 0 spiro atoms. The first-order valence-electron chi connectivity index (χ1n) is 10.5. The third-order valence-electron chi connectivity index (χ3n) is 7.67. The predicted octanol–water partition coefficient (Wildman–Crippen LogP) is 3.88. The summed E-state index contributed by atoms with van der Waals surface area (Å²) >= 11 is 5.36. The number of carbonyl (C=O) groups is 1. The van der Waals surface area contributed by atoms with Crippen LogP contribution in [0.25, 0.3) is 0 Å². The lowest BCUT2D eigenvalue weighted by Gasteiger charge is -2.57. The molecule has 0 radical (unpaired) electrons.